The number of amides is 1. The van der Waals surface area contributed by atoms with E-state index in [4.69, 9.17) is 9.72 Å². The number of aromatic nitrogens is 3. The second kappa shape index (κ2) is 11.6. The van der Waals surface area contributed by atoms with Gasteiger partial charge in [0.15, 0.2) is 0 Å². The van der Waals surface area contributed by atoms with Crippen LogP contribution >= 0.6 is 0 Å². The van der Waals surface area contributed by atoms with Gasteiger partial charge in [0.05, 0.1) is 34.9 Å². The fraction of sp³-hybridized carbons (Fsp3) is 0.162. The molecule has 2 heterocycles. The molecule has 0 spiro atoms. The van der Waals surface area contributed by atoms with E-state index >= 15 is 0 Å². The summed E-state index contributed by atoms with van der Waals surface area (Å²) in [6.07, 6.45) is 3.71. The van der Waals surface area contributed by atoms with Crippen molar-refractivity contribution in [2.45, 2.75) is 26.3 Å². The number of anilines is 1. The minimum atomic E-state index is -2.75. The number of fused-ring (bicyclic) bond motifs is 3. The van der Waals surface area contributed by atoms with E-state index in [1.165, 1.54) is 0 Å². The SMILES string of the molecule is COc1ccc(/C=C2/CC(C)Cc3c2nc2ccccc2c3C(=O)Nc2ccc(-c3nc4ccccc4n3C(F)F)cc2)cc1. The largest absolute Gasteiger partial charge is 0.497 e. The van der Waals surface area contributed by atoms with Crippen LogP contribution in [0.2, 0.25) is 0 Å². The highest BCUT2D eigenvalue weighted by atomic mass is 19.3. The summed E-state index contributed by atoms with van der Waals surface area (Å²) >= 11 is 0. The van der Waals surface area contributed by atoms with Crippen molar-refractivity contribution >= 4 is 45.2 Å². The van der Waals surface area contributed by atoms with Crippen LogP contribution in [-0.2, 0) is 6.42 Å². The van der Waals surface area contributed by atoms with Gasteiger partial charge in [-0.1, -0.05) is 49.4 Å². The number of carbonyl (C=O) groups excluding carboxylic acids is 1. The summed E-state index contributed by atoms with van der Waals surface area (Å²) in [6, 6.07) is 29.3. The molecule has 1 aliphatic rings. The van der Waals surface area contributed by atoms with Gasteiger partial charge in [-0.3, -0.25) is 9.36 Å². The van der Waals surface area contributed by atoms with Crippen LogP contribution in [0.4, 0.5) is 14.5 Å². The first-order valence-corrected chi connectivity index (χ1v) is 14.8. The molecular weight excluding hydrogens is 570 g/mol. The number of carbonyl (C=O) groups is 1. The van der Waals surface area contributed by atoms with Gasteiger partial charge in [0.2, 0.25) is 0 Å². The van der Waals surface area contributed by atoms with Crippen LogP contribution in [0, 0.1) is 5.92 Å². The molecule has 0 aliphatic heterocycles. The fourth-order valence-corrected chi connectivity index (χ4v) is 6.24. The summed E-state index contributed by atoms with van der Waals surface area (Å²) < 4.78 is 34.3. The molecular formula is C37H30F2N4O2. The Morgan fingerprint density at radius 1 is 0.911 bits per heavy atom. The van der Waals surface area contributed by atoms with Crippen LogP contribution in [0.25, 0.3) is 45.0 Å². The molecule has 0 fully saturated rings. The molecule has 1 amide bonds. The van der Waals surface area contributed by atoms with Gasteiger partial charge >= 0.3 is 6.55 Å². The lowest BCUT2D eigenvalue weighted by Gasteiger charge is -2.27. The average Bonchev–Trinajstić information content (AvgIpc) is 3.44. The highest BCUT2D eigenvalue weighted by molar-refractivity contribution is 6.14. The number of para-hydroxylation sites is 3. The van der Waals surface area contributed by atoms with Gasteiger partial charge in [-0.25, -0.2) is 9.97 Å². The van der Waals surface area contributed by atoms with E-state index in [2.05, 4.69) is 23.3 Å². The first-order chi connectivity index (χ1) is 21.9. The zero-order valence-corrected chi connectivity index (χ0v) is 24.8. The van der Waals surface area contributed by atoms with Crippen molar-refractivity contribution < 1.29 is 18.3 Å². The Labute approximate surface area is 259 Å². The Bertz CT molecular complexity index is 2080. The van der Waals surface area contributed by atoms with E-state index in [0.29, 0.717) is 33.8 Å². The number of hydrogen-bond donors (Lipinski definition) is 1. The summed E-state index contributed by atoms with van der Waals surface area (Å²) in [7, 11) is 1.65. The standard InChI is InChI=1S/C37H30F2N4O2/c1-22-19-25(21-23-11-17-27(45-2)18-12-23)34-29(20-22)33(28-7-3-4-8-30(28)41-34)36(44)40-26-15-13-24(14-16-26)35-42-31-9-5-6-10-32(31)43(35)37(38)39/h3-18,21-22,37H,19-20H2,1-2H3,(H,40,44)/b25-21-. The highest BCUT2D eigenvalue weighted by Gasteiger charge is 2.28. The number of rotatable bonds is 6. The van der Waals surface area contributed by atoms with E-state index in [1.54, 1.807) is 55.6 Å². The van der Waals surface area contributed by atoms with E-state index < -0.39 is 6.55 Å². The van der Waals surface area contributed by atoms with Crippen molar-refractivity contribution in [1.29, 1.82) is 0 Å². The number of nitrogens with one attached hydrogen (secondary N) is 1. The molecule has 0 radical (unpaired) electrons. The third-order valence-corrected chi connectivity index (χ3v) is 8.29. The quantitative estimate of drug-likeness (QED) is 0.207. The van der Waals surface area contributed by atoms with Crippen molar-refractivity contribution in [3.05, 3.63) is 119 Å². The van der Waals surface area contributed by atoms with Gasteiger partial charge in [-0.15, -0.1) is 0 Å². The number of nitrogens with zero attached hydrogens (tertiary/aromatic N) is 3. The van der Waals surface area contributed by atoms with Crippen molar-refractivity contribution in [3.63, 3.8) is 0 Å². The fourth-order valence-electron chi connectivity index (χ4n) is 6.24. The number of ether oxygens (including phenoxy) is 1. The molecule has 4 aromatic carbocycles. The van der Waals surface area contributed by atoms with Crippen LogP contribution < -0.4 is 10.1 Å². The van der Waals surface area contributed by atoms with Crippen LogP contribution in [0.5, 0.6) is 5.75 Å². The number of alkyl halides is 2. The average molecular weight is 601 g/mol. The zero-order valence-electron chi connectivity index (χ0n) is 24.8. The van der Waals surface area contributed by atoms with Crippen molar-refractivity contribution in [1.82, 2.24) is 14.5 Å². The molecule has 1 atom stereocenters. The predicted octanol–water partition coefficient (Wildman–Crippen LogP) is 9.03. The summed E-state index contributed by atoms with van der Waals surface area (Å²) in [5, 5.41) is 3.85. The lowest BCUT2D eigenvalue weighted by Crippen LogP contribution is -2.21. The monoisotopic (exact) mass is 600 g/mol. The molecule has 0 saturated carbocycles. The van der Waals surface area contributed by atoms with E-state index in [9.17, 15) is 13.6 Å². The highest BCUT2D eigenvalue weighted by Crippen LogP contribution is 2.39. The van der Waals surface area contributed by atoms with Crippen LogP contribution in [0.15, 0.2) is 97.1 Å². The Morgan fingerprint density at radius 3 is 2.36 bits per heavy atom. The number of allylic oxidation sites excluding steroid dienone is 1. The van der Waals surface area contributed by atoms with Gasteiger partial charge in [0, 0.05) is 16.6 Å². The molecule has 224 valence electrons. The van der Waals surface area contributed by atoms with E-state index in [1.807, 2.05) is 48.5 Å². The smallest absolute Gasteiger partial charge is 0.320 e. The van der Waals surface area contributed by atoms with Crippen molar-refractivity contribution in [3.8, 4) is 17.1 Å². The van der Waals surface area contributed by atoms with Crippen LogP contribution in [0.1, 0.15) is 47.1 Å². The van der Waals surface area contributed by atoms with Crippen molar-refractivity contribution in [2.75, 3.05) is 12.4 Å². The summed E-state index contributed by atoms with van der Waals surface area (Å²) in [4.78, 5) is 23.6. The molecule has 1 N–H and O–H groups in total. The minimum Gasteiger partial charge on any atom is -0.497 e. The predicted molar refractivity (Wildman–Crippen MR) is 174 cm³/mol. The maximum atomic E-state index is 14.1. The molecule has 6 nitrogen and oxygen atoms in total. The number of imidazole rings is 1. The molecule has 45 heavy (non-hydrogen) atoms. The molecule has 8 heteroatoms. The third kappa shape index (κ3) is 5.33. The van der Waals surface area contributed by atoms with Crippen LogP contribution in [-0.4, -0.2) is 27.6 Å². The van der Waals surface area contributed by atoms with Gasteiger partial charge in [0.25, 0.3) is 5.91 Å². The van der Waals surface area contributed by atoms with Gasteiger partial charge in [-0.05, 0) is 96.1 Å². The van der Waals surface area contributed by atoms with Gasteiger partial charge in [0.1, 0.15) is 11.6 Å². The van der Waals surface area contributed by atoms with Crippen LogP contribution in [0.3, 0.4) is 0 Å². The second-order valence-corrected chi connectivity index (χ2v) is 11.4. The van der Waals surface area contributed by atoms with E-state index in [-0.39, 0.29) is 11.7 Å². The topological polar surface area (TPSA) is 69.0 Å². The Kier molecular flexibility index (Phi) is 7.33. The molecule has 0 bridgehead atoms. The number of methoxy groups -OCH3 is 1. The number of hydrogen-bond acceptors (Lipinski definition) is 4. The van der Waals surface area contributed by atoms with Gasteiger partial charge in [-0.2, -0.15) is 8.78 Å². The van der Waals surface area contributed by atoms with Crippen molar-refractivity contribution in [2.24, 2.45) is 5.92 Å². The third-order valence-electron chi connectivity index (χ3n) is 8.29. The molecule has 1 unspecified atom stereocenters. The lowest BCUT2D eigenvalue weighted by atomic mass is 9.80. The molecule has 6 aromatic rings. The molecule has 1 aliphatic carbocycles. The summed E-state index contributed by atoms with van der Waals surface area (Å²) in [6.45, 7) is -0.559. The number of halogens is 2. The lowest BCUT2D eigenvalue weighted by molar-refractivity contribution is 0.0764. The van der Waals surface area contributed by atoms with Gasteiger partial charge < -0.3 is 10.1 Å². The Morgan fingerprint density at radius 2 is 1.62 bits per heavy atom. The summed E-state index contributed by atoms with van der Waals surface area (Å²) in [5.74, 6) is 1.03. The summed E-state index contributed by atoms with van der Waals surface area (Å²) in [5.41, 5.74) is 7.17. The normalized spacial score (nSPS) is 15.5. The number of pyridine rings is 1. The second-order valence-electron chi connectivity index (χ2n) is 11.4. The number of benzene rings is 4. The molecule has 2 aromatic heterocycles. The molecule has 7 rings (SSSR count). The maximum Gasteiger partial charge on any atom is 0.320 e. The first kappa shape index (κ1) is 28.4. The maximum absolute atomic E-state index is 14.1. The van der Waals surface area contributed by atoms with E-state index in [0.717, 1.165) is 56.5 Å². The Hall–Kier alpha value is -5.37. The first-order valence-electron chi connectivity index (χ1n) is 14.8. The Balaban J connectivity index is 1.25. The zero-order chi connectivity index (χ0) is 31.1. The minimum absolute atomic E-state index is 0.170. The molecule has 0 saturated heterocycles.